The van der Waals surface area contributed by atoms with Crippen LogP contribution in [0.15, 0.2) is 0 Å². The van der Waals surface area contributed by atoms with Crippen LogP contribution in [-0.2, 0) is 4.79 Å². The van der Waals surface area contributed by atoms with Crippen molar-refractivity contribution in [3.63, 3.8) is 0 Å². The van der Waals surface area contributed by atoms with Crippen LogP contribution in [0.1, 0.15) is 32.6 Å². The summed E-state index contributed by atoms with van der Waals surface area (Å²) in [5.74, 6) is 0.484. The average molecular weight is 218 g/mol. The minimum Gasteiger partial charge on any atom is -0.303 e. The van der Waals surface area contributed by atoms with Gasteiger partial charge in [-0.25, -0.2) is 0 Å². The Morgan fingerprint density at radius 3 is 2.50 bits per heavy atom. The Labute approximate surface area is 91.6 Å². The molecule has 0 amide bonds. The van der Waals surface area contributed by atoms with Crippen LogP contribution in [0, 0.1) is 5.41 Å². The number of unbranched alkanes of at least 4 members (excludes halogenated alkanes) is 1. The molecule has 1 aliphatic rings. The highest BCUT2D eigenvalue weighted by atomic mass is 35.5. The molecule has 0 aliphatic carbocycles. The maximum absolute atomic E-state index is 10.9. The summed E-state index contributed by atoms with van der Waals surface area (Å²) in [6, 6.07) is 0. The molecule has 1 aliphatic heterocycles. The molecule has 1 rings (SSSR count). The third-order valence-electron chi connectivity index (χ3n) is 3.20. The molecule has 0 spiro atoms. The topological polar surface area (TPSA) is 20.3 Å². The quantitative estimate of drug-likeness (QED) is 0.520. The number of aldehydes is 1. The van der Waals surface area contributed by atoms with Gasteiger partial charge in [0.05, 0.1) is 0 Å². The van der Waals surface area contributed by atoms with Crippen LogP contribution in [0.4, 0.5) is 0 Å². The molecule has 0 radical (unpaired) electrons. The van der Waals surface area contributed by atoms with Gasteiger partial charge in [0.15, 0.2) is 0 Å². The van der Waals surface area contributed by atoms with E-state index in [0.717, 1.165) is 32.2 Å². The Balaban J connectivity index is 2.33. The number of likely N-dealkylation sites (tertiary alicyclic amines) is 1. The molecule has 0 bridgehead atoms. The number of piperidine rings is 1. The Morgan fingerprint density at radius 2 is 2.07 bits per heavy atom. The Kier molecular flexibility index (Phi) is 4.90. The minimum atomic E-state index is -0.218. The molecular formula is C11H20ClNO. The second-order valence-corrected chi connectivity index (χ2v) is 4.58. The van der Waals surface area contributed by atoms with Crippen LogP contribution >= 0.6 is 11.6 Å². The van der Waals surface area contributed by atoms with E-state index in [1.165, 1.54) is 19.4 Å². The molecule has 1 fully saturated rings. The Morgan fingerprint density at radius 1 is 1.43 bits per heavy atom. The average Bonchev–Trinajstić information content (AvgIpc) is 2.27. The Bertz CT molecular complexity index is 176. The first-order valence-corrected chi connectivity index (χ1v) is 6.04. The molecule has 82 valence electrons. The highest BCUT2D eigenvalue weighted by Gasteiger charge is 2.33. The van der Waals surface area contributed by atoms with Crippen LogP contribution in [0.2, 0.25) is 0 Å². The van der Waals surface area contributed by atoms with E-state index in [4.69, 9.17) is 11.6 Å². The molecule has 1 heterocycles. The zero-order valence-corrected chi connectivity index (χ0v) is 9.72. The van der Waals surface area contributed by atoms with E-state index in [-0.39, 0.29) is 5.41 Å². The van der Waals surface area contributed by atoms with Gasteiger partial charge in [0.25, 0.3) is 0 Å². The number of carbonyl (C=O) groups excluding carboxylic acids is 1. The first-order valence-electron chi connectivity index (χ1n) is 5.51. The molecule has 2 nitrogen and oxygen atoms in total. The summed E-state index contributed by atoms with van der Waals surface area (Å²) in [4.78, 5) is 13.4. The van der Waals surface area contributed by atoms with Crippen molar-refractivity contribution in [2.24, 2.45) is 5.41 Å². The van der Waals surface area contributed by atoms with Crippen molar-refractivity contribution < 1.29 is 4.79 Å². The largest absolute Gasteiger partial charge is 0.303 e. The van der Waals surface area contributed by atoms with Crippen LogP contribution in [0.5, 0.6) is 0 Å². The first kappa shape index (κ1) is 12.0. The van der Waals surface area contributed by atoms with Crippen molar-refractivity contribution in [3.8, 4) is 0 Å². The third-order valence-corrected chi connectivity index (χ3v) is 3.73. The number of nitrogens with zero attached hydrogens (tertiary/aromatic N) is 1. The second-order valence-electron chi connectivity index (χ2n) is 4.31. The van der Waals surface area contributed by atoms with Crippen molar-refractivity contribution in [2.75, 3.05) is 25.5 Å². The fourth-order valence-corrected chi connectivity index (χ4v) is 2.22. The van der Waals surface area contributed by atoms with Crippen molar-refractivity contribution in [3.05, 3.63) is 0 Å². The van der Waals surface area contributed by atoms with E-state index in [1.807, 2.05) is 0 Å². The van der Waals surface area contributed by atoms with E-state index < -0.39 is 0 Å². The lowest BCUT2D eigenvalue weighted by molar-refractivity contribution is -0.117. The molecule has 0 unspecified atom stereocenters. The molecule has 14 heavy (non-hydrogen) atoms. The summed E-state index contributed by atoms with van der Waals surface area (Å²) < 4.78 is 0. The van der Waals surface area contributed by atoms with Crippen molar-refractivity contribution in [2.45, 2.75) is 32.6 Å². The Hall–Kier alpha value is -0.0800. The summed E-state index contributed by atoms with van der Waals surface area (Å²) in [6.07, 6.45) is 5.43. The van der Waals surface area contributed by atoms with Gasteiger partial charge in [0.1, 0.15) is 6.29 Å². The predicted octanol–water partition coefficient (Wildman–Crippen LogP) is 2.31. The molecule has 3 heteroatoms. The van der Waals surface area contributed by atoms with E-state index in [1.54, 1.807) is 0 Å². The number of carbonyl (C=O) groups is 1. The monoisotopic (exact) mass is 217 g/mol. The van der Waals surface area contributed by atoms with Crippen LogP contribution in [0.3, 0.4) is 0 Å². The van der Waals surface area contributed by atoms with Gasteiger partial charge in [-0.2, -0.15) is 0 Å². The van der Waals surface area contributed by atoms with Gasteiger partial charge in [-0.15, -0.1) is 11.6 Å². The molecule has 1 saturated heterocycles. The summed E-state index contributed by atoms with van der Waals surface area (Å²) in [7, 11) is 0. The molecule has 0 atom stereocenters. The standard InChI is InChI=1S/C11H20ClNO/c1-2-3-6-13-7-4-11(9-12,10-14)5-8-13/h10H,2-9H2,1H3. The number of rotatable bonds is 5. The van der Waals surface area contributed by atoms with Crippen LogP contribution < -0.4 is 0 Å². The fraction of sp³-hybridized carbons (Fsp3) is 0.909. The lowest BCUT2D eigenvalue weighted by atomic mass is 9.82. The van der Waals surface area contributed by atoms with E-state index in [9.17, 15) is 4.79 Å². The van der Waals surface area contributed by atoms with Crippen LogP contribution in [-0.4, -0.2) is 36.7 Å². The van der Waals surface area contributed by atoms with Gasteiger partial charge < -0.3 is 9.69 Å². The van der Waals surface area contributed by atoms with Gasteiger partial charge in [-0.1, -0.05) is 13.3 Å². The fourth-order valence-electron chi connectivity index (χ4n) is 1.89. The van der Waals surface area contributed by atoms with E-state index in [0.29, 0.717) is 5.88 Å². The zero-order chi connectivity index (χ0) is 10.4. The van der Waals surface area contributed by atoms with Crippen molar-refractivity contribution in [1.82, 2.24) is 4.90 Å². The maximum Gasteiger partial charge on any atom is 0.127 e. The van der Waals surface area contributed by atoms with Crippen molar-refractivity contribution in [1.29, 1.82) is 0 Å². The minimum absolute atomic E-state index is 0.218. The highest BCUT2D eigenvalue weighted by molar-refractivity contribution is 6.19. The number of halogens is 1. The lowest BCUT2D eigenvalue weighted by Crippen LogP contribution is -2.42. The molecule has 0 aromatic rings. The van der Waals surface area contributed by atoms with Gasteiger partial charge in [-0.3, -0.25) is 0 Å². The lowest BCUT2D eigenvalue weighted by Gasteiger charge is -2.36. The molecule has 0 saturated carbocycles. The summed E-state index contributed by atoms with van der Waals surface area (Å²) in [6.45, 7) is 5.45. The van der Waals surface area contributed by atoms with Gasteiger partial charge >= 0.3 is 0 Å². The molecule has 0 aromatic carbocycles. The third kappa shape index (κ3) is 2.96. The zero-order valence-electron chi connectivity index (χ0n) is 8.97. The highest BCUT2D eigenvalue weighted by Crippen LogP contribution is 2.30. The second kappa shape index (κ2) is 5.72. The predicted molar refractivity (Wildman–Crippen MR) is 59.8 cm³/mol. The summed E-state index contributed by atoms with van der Waals surface area (Å²) >= 11 is 5.84. The molecule has 0 aromatic heterocycles. The molecular weight excluding hydrogens is 198 g/mol. The van der Waals surface area contributed by atoms with Gasteiger partial charge in [0.2, 0.25) is 0 Å². The SMILES string of the molecule is CCCCN1CCC(C=O)(CCl)CC1. The van der Waals surface area contributed by atoms with Gasteiger partial charge in [0, 0.05) is 11.3 Å². The van der Waals surface area contributed by atoms with Crippen LogP contribution in [0.25, 0.3) is 0 Å². The van der Waals surface area contributed by atoms with E-state index in [2.05, 4.69) is 11.8 Å². The summed E-state index contributed by atoms with van der Waals surface area (Å²) in [5.41, 5.74) is -0.218. The number of alkyl halides is 1. The van der Waals surface area contributed by atoms with Crippen molar-refractivity contribution >= 4 is 17.9 Å². The maximum atomic E-state index is 10.9. The molecule has 0 N–H and O–H groups in total. The summed E-state index contributed by atoms with van der Waals surface area (Å²) in [5, 5.41) is 0. The number of hydrogen-bond acceptors (Lipinski definition) is 2. The van der Waals surface area contributed by atoms with E-state index >= 15 is 0 Å². The smallest absolute Gasteiger partial charge is 0.127 e. The number of hydrogen-bond donors (Lipinski definition) is 0. The normalized spacial score (nSPS) is 22.1. The first-order chi connectivity index (χ1) is 6.76. The van der Waals surface area contributed by atoms with Gasteiger partial charge in [-0.05, 0) is 38.9 Å².